The molecule has 0 aliphatic rings. The molecule has 5 N–H and O–H groups in total. The molecule has 0 radical (unpaired) electrons. The Morgan fingerprint density at radius 3 is 2.24 bits per heavy atom. The Bertz CT molecular complexity index is 1240. The Morgan fingerprint density at radius 1 is 1.06 bits per heavy atom. The lowest BCUT2D eigenvalue weighted by Crippen LogP contribution is -2.15. The molecule has 174 valence electrons. The van der Waals surface area contributed by atoms with Crippen molar-refractivity contribution in [1.29, 1.82) is 0 Å². The van der Waals surface area contributed by atoms with E-state index < -0.39 is 15.3 Å². The van der Waals surface area contributed by atoms with Crippen LogP contribution >= 0.6 is 11.8 Å². The Labute approximate surface area is 193 Å². The van der Waals surface area contributed by atoms with E-state index >= 15 is 0 Å². The summed E-state index contributed by atoms with van der Waals surface area (Å²) >= 11 is 1.30. The van der Waals surface area contributed by atoms with E-state index in [1.165, 1.54) is 31.0 Å². The highest BCUT2D eigenvalue weighted by Gasteiger charge is 2.18. The lowest BCUT2D eigenvalue weighted by molar-refractivity contribution is -0.384. The van der Waals surface area contributed by atoms with Crippen molar-refractivity contribution in [1.82, 2.24) is 0 Å². The first-order valence-corrected chi connectivity index (χ1v) is 11.2. The van der Waals surface area contributed by atoms with Gasteiger partial charge in [0.25, 0.3) is 11.6 Å². The van der Waals surface area contributed by atoms with Gasteiger partial charge in [-0.3, -0.25) is 24.0 Å². The van der Waals surface area contributed by atoms with Crippen molar-refractivity contribution in [2.24, 2.45) is 0 Å². The Kier molecular flexibility index (Phi) is 8.76. The number of para-hydroxylation sites is 2. The van der Waals surface area contributed by atoms with Crippen molar-refractivity contribution < 1.29 is 32.0 Å². The zero-order valence-electron chi connectivity index (χ0n) is 17.0. The van der Waals surface area contributed by atoms with Gasteiger partial charge in [-0.1, -0.05) is 30.0 Å². The third-order valence-electron chi connectivity index (χ3n) is 3.92. The van der Waals surface area contributed by atoms with Crippen LogP contribution in [-0.2, 0) is 10.4 Å². The molecule has 3 rings (SSSR count). The minimum absolute atomic E-state index is 0.00562. The normalized spacial score (nSPS) is 10.5. The molecule has 0 atom stereocenters. The smallest absolute Gasteiger partial charge is 0.394 e. The highest BCUT2D eigenvalue weighted by Crippen LogP contribution is 2.35. The summed E-state index contributed by atoms with van der Waals surface area (Å²) in [5.74, 6) is 0.168. The topological polar surface area (TPSA) is 182 Å². The summed E-state index contributed by atoms with van der Waals surface area (Å²) in [4.78, 5) is 24.6. The quantitative estimate of drug-likeness (QED) is 0.170. The summed E-state index contributed by atoms with van der Waals surface area (Å²) in [5.41, 5.74) is 7.27. The van der Waals surface area contributed by atoms with Gasteiger partial charge in [-0.2, -0.15) is 8.42 Å². The van der Waals surface area contributed by atoms with E-state index in [2.05, 4.69) is 5.32 Å². The average molecular weight is 494 g/mol. The van der Waals surface area contributed by atoms with Crippen LogP contribution in [0.5, 0.6) is 5.75 Å². The minimum Gasteiger partial charge on any atom is -0.495 e. The maximum absolute atomic E-state index is 12.9. The van der Waals surface area contributed by atoms with Gasteiger partial charge in [-0.25, -0.2) is 0 Å². The molecule has 0 spiro atoms. The van der Waals surface area contributed by atoms with E-state index in [1.54, 1.807) is 54.6 Å². The fourth-order valence-corrected chi connectivity index (χ4v) is 3.56. The Balaban J connectivity index is 0.000000696. The van der Waals surface area contributed by atoms with Crippen molar-refractivity contribution in [3.63, 3.8) is 0 Å². The largest absolute Gasteiger partial charge is 0.495 e. The Morgan fingerprint density at radius 2 is 1.67 bits per heavy atom. The first-order chi connectivity index (χ1) is 15.5. The number of nitrogens with one attached hydrogen (secondary N) is 1. The molecular weight excluding hydrogens is 474 g/mol. The first kappa shape index (κ1) is 25.6. The average Bonchev–Trinajstić information content (AvgIpc) is 2.73. The fraction of sp³-hybridized carbons (Fsp3) is 0.0500. The second-order valence-electron chi connectivity index (χ2n) is 6.18. The van der Waals surface area contributed by atoms with Gasteiger partial charge in [-0.05, 0) is 36.4 Å². The second kappa shape index (κ2) is 11.3. The van der Waals surface area contributed by atoms with Gasteiger partial charge in [0.05, 0.1) is 23.3 Å². The molecule has 0 unspecified atom stereocenters. The number of nitrogens with two attached hydrogens (primary N) is 1. The van der Waals surface area contributed by atoms with E-state index in [-0.39, 0.29) is 11.6 Å². The maximum Gasteiger partial charge on any atom is 0.394 e. The van der Waals surface area contributed by atoms with Crippen LogP contribution in [0.25, 0.3) is 0 Å². The number of ether oxygens (including phenoxy) is 1. The molecule has 3 aromatic carbocycles. The van der Waals surface area contributed by atoms with Crippen molar-refractivity contribution in [2.75, 3.05) is 18.2 Å². The molecule has 1 amide bonds. The number of non-ortho nitro benzene ring substituents is 1. The third kappa shape index (κ3) is 8.08. The Hall–Kier alpha value is -3.65. The van der Waals surface area contributed by atoms with E-state index in [1.807, 2.05) is 0 Å². The number of rotatable bonds is 6. The molecule has 0 heterocycles. The molecule has 13 heteroatoms. The third-order valence-corrected chi connectivity index (χ3v) is 4.98. The monoisotopic (exact) mass is 493 g/mol. The number of hydrogen-bond acceptors (Lipinski definition) is 8. The van der Waals surface area contributed by atoms with Gasteiger partial charge < -0.3 is 15.8 Å². The number of methoxy groups -OCH3 is 1. The second-order valence-corrected chi connectivity index (χ2v) is 8.19. The van der Waals surface area contributed by atoms with Crippen LogP contribution in [0.3, 0.4) is 0 Å². The van der Waals surface area contributed by atoms with Crippen LogP contribution in [0.1, 0.15) is 10.4 Å². The lowest BCUT2D eigenvalue weighted by Gasteiger charge is -2.14. The predicted octanol–water partition coefficient (Wildman–Crippen LogP) is 3.94. The van der Waals surface area contributed by atoms with E-state index in [9.17, 15) is 14.9 Å². The summed E-state index contributed by atoms with van der Waals surface area (Å²) in [6.45, 7) is 0. The summed E-state index contributed by atoms with van der Waals surface area (Å²) in [5, 5.41) is 13.6. The molecule has 0 aromatic heterocycles. The summed E-state index contributed by atoms with van der Waals surface area (Å²) in [7, 11) is -3.14. The van der Waals surface area contributed by atoms with Gasteiger partial charge in [0.1, 0.15) is 5.75 Å². The number of hydrogen-bond donors (Lipinski definition) is 4. The SMILES string of the molecule is COc1ccccc1NC(=O)c1c(N)cccc1Sc1ccc([N+](=O)[O-])cc1.O=S(=O)(O)O. The van der Waals surface area contributed by atoms with Gasteiger partial charge in [0.15, 0.2) is 0 Å². The first-order valence-electron chi connectivity index (χ1n) is 8.94. The predicted molar refractivity (Wildman–Crippen MR) is 123 cm³/mol. The van der Waals surface area contributed by atoms with Crippen LogP contribution in [-0.4, -0.2) is 35.5 Å². The molecule has 0 aliphatic carbocycles. The lowest BCUT2D eigenvalue weighted by atomic mass is 10.1. The molecular formula is C20H19N3O8S2. The fourth-order valence-electron chi connectivity index (χ4n) is 2.57. The number of benzene rings is 3. The number of nitro benzene ring substituents is 1. The van der Waals surface area contributed by atoms with Crippen LogP contribution in [0, 0.1) is 10.1 Å². The summed E-state index contributed by atoms with van der Waals surface area (Å²) < 4.78 is 36.8. The van der Waals surface area contributed by atoms with E-state index in [0.717, 1.165) is 4.90 Å². The molecule has 0 saturated heterocycles. The van der Waals surface area contributed by atoms with Crippen molar-refractivity contribution in [3.05, 3.63) is 82.4 Å². The van der Waals surface area contributed by atoms with Crippen LogP contribution < -0.4 is 15.8 Å². The van der Waals surface area contributed by atoms with Gasteiger partial charge in [0, 0.05) is 27.6 Å². The number of nitrogen functional groups attached to an aromatic ring is 1. The van der Waals surface area contributed by atoms with E-state index in [4.69, 9.17) is 28.0 Å². The molecule has 3 aromatic rings. The number of nitro groups is 1. The zero-order chi connectivity index (χ0) is 24.6. The van der Waals surface area contributed by atoms with Crippen molar-refractivity contribution in [2.45, 2.75) is 9.79 Å². The molecule has 0 fully saturated rings. The standard InChI is InChI=1S/C20H17N3O4S.H2O4S/c1-27-17-7-3-2-6-16(17)22-20(24)19-15(21)5-4-8-18(19)28-14-11-9-13(10-12-14)23(25)26;1-5(2,3)4/h2-12H,21H2,1H3,(H,22,24);(H2,1,2,3,4). The van der Waals surface area contributed by atoms with Crippen LogP contribution in [0.2, 0.25) is 0 Å². The molecule has 33 heavy (non-hydrogen) atoms. The van der Waals surface area contributed by atoms with Gasteiger partial charge in [-0.15, -0.1) is 0 Å². The van der Waals surface area contributed by atoms with Gasteiger partial charge >= 0.3 is 10.4 Å². The highest BCUT2D eigenvalue weighted by molar-refractivity contribution is 7.99. The zero-order valence-corrected chi connectivity index (χ0v) is 18.7. The van der Waals surface area contributed by atoms with Gasteiger partial charge in [0.2, 0.25) is 0 Å². The number of amides is 1. The van der Waals surface area contributed by atoms with Crippen LogP contribution in [0.15, 0.2) is 76.5 Å². The number of carbonyl (C=O) groups excluding carboxylic acids is 1. The molecule has 0 aliphatic heterocycles. The maximum atomic E-state index is 12.9. The molecule has 0 saturated carbocycles. The molecule has 0 bridgehead atoms. The number of anilines is 2. The minimum atomic E-state index is -4.67. The van der Waals surface area contributed by atoms with Crippen LogP contribution in [0.4, 0.5) is 17.1 Å². The highest BCUT2D eigenvalue weighted by atomic mass is 32.3. The summed E-state index contributed by atoms with van der Waals surface area (Å²) in [6.07, 6.45) is 0. The van der Waals surface area contributed by atoms with E-state index in [0.29, 0.717) is 27.6 Å². The number of carbonyl (C=O) groups is 1. The number of nitrogens with zero attached hydrogens (tertiary/aromatic N) is 1. The molecule has 11 nitrogen and oxygen atoms in total. The summed E-state index contributed by atoms with van der Waals surface area (Å²) in [6, 6.07) is 18.4. The van der Waals surface area contributed by atoms with Crippen molar-refractivity contribution in [3.8, 4) is 5.75 Å². The van der Waals surface area contributed by atoms with Crippen molar-refractivity contribution >= 4 is 45.1 Å².